The third-order valence-corrected chi connectivity index (χ3v) is 4.18. The van der Waals surface area contributed by atoms with Gasteiger partial charge in [0.2, 0.25) is 0 Å². The summed E-state index contributed by atoms with van der Waals surface area (Å²) in [6.45, 7) is 4.26. The number of hydrogen-bond acceptors (Lipinski definition) is 5. The van der Waals surface area contributed by atoms with Crippen molar-refractivity contribution in [3.05, 3.63) is 23.3 Å². The number of rotatable bonds is 14. The SMILES string of the molecule is CCCCCCC=C(C#N)C(=O)OC(=O)C(C#N)=CCCCCCCCC. The smallest absolute Gasteiger partial charge is 0.356 e. The third kappa shape index (κ3) is 12.6. The lowest BCUT2D eigenvalue weighted by Crippen LogP contribution is -2.15. The fourth-order valence-electron chi connectivity index (χ4n) is 2.53. The van der Waals surface area contributed by atoms with Crippen LogP contribution in [0.15, 0.2) is 23.3 Å². The monoisotopic (exact) mass is 372 g/mol. The summed E-state index contributed by atoms with van der Waals surface area (Å²) < 4.78 is 4.69. The van der Waals surface area contributed by atoms with Crippen molar-refractivity contribution in [3.8, 4) is 12.1 Å². The molecule has 5 nitrogen and oxygen atoms in total. The van der Waals surface area contributed by atoms with E-state index in [0.717, 1.165) is 44.9 Å². The Hall–Kier alpha value is -2.40. The topological polar surface area (TPSA) is 90.9 Å². The number of allylic oxidation sites excluding steroid dienone is 2. The van der Waals surface area contributed by atoms with Crippen molar-refractivity contribution in [1.82, 2.24) is 0 Å². The van der Waals surface area contributed by atoms with Gasteiger partial charge in [-0.25, -0.2) is 9.59 Å². The fraction of sp³-hybridized carbons (Fsp3) is 0.636. The van der Waals surface area contributed by atoms with E-state index in [0.29, 0.717) is 12.8 Å². The molecule has 27 heavy (non-hydrogen) atoms. The molecule has 0 aliphatic rings. The third-order valence-electron chi connectivity index (χ3n) is 4.18. The van der Waals surface area contributed by atoms with E-state index in [4.69, 9.17) is 10.5 Å². The average Bonchev–Trinajstić information content (AvgIpc) is 2.66. The highest BCUT2D eigenvalue weighted by Crippen LogP contribution is 2.11. The Bertz CT molecular complexity index is 592. The standard InChI is InChI=1S/C22H32N2O3/c1-3-5-7-9-10-12-14-16-20(18-24)22(26)27-21(25)19(17-23)15-13-11-8-6-4-2/h15-16H,3-14H2,1-2H3. The summed E-state index contributed by atoms with van der Waals surface area (Å²) in [5.74, 6) is -1.97. The van der Waals surface area contributed by atoms with Crippen LogP contribution in [0.5, 0.6) is 0 Å². The zero-order valence-corrected chi connectivity index (χ0v) is 16.8. The summed E-state index contributed by atoms with van der Waals surface area (Å²) in [5.41, 5.74) is -0.370. The molecular formula is C22H32N2O3. The fourth-order valence-corrected chi connectivity index (χ4v) is 2.53. The Morgan fingerprint density at radius 1 is 0.704 bits per heavy atom. The molecule has 0 fully saturated rings. The van der Waals surface area contributed by atoms with Crippen molar-refractivity contribution in [2.45, 2.75) is 90.9 Å². The minimum absolute atomic E-state index is 0.183. The van der Waals surface area contributed by atoms with Crippen molar-refractivity contribution in [2.75, 3.05) is 0 Å². The van der Waals surface area contributed by atoms with Crippen LogP contribution in [0.4, 0.5) is 0 Å². The maximum atomic E-state index is 12.0. The number of nitrogens with zero attached hydrogens (tertiary/aromatic N) is 2. The molecule has 0 saturated heterocycles. The van der Waals surface area contributed by atoms with Gasteiger partial charge in [-0.1, -0.05) is 77.4 Å². The van der Waals surface area contributed by atoms with Gasteiger partial charge in [-0.3, -0.25) is 0 Å². The predicted octanol–water partition coefficient (Wildman–Crippen LogP) is 5.68. The molecule has 0 saturated carbocycles. The first-order valence-electron chi connectivity index (χ1n) is 10.1. The van der Waals surface area contributed by atoms with E-state index in [2.05, 4.69) is 18.6 Å². The summed E-state index contributed by atoms with van der Waals surface area (Å²) in [5, 5.41) is 18.2. The van der Waals surface area contributed by atoms with Gasteiger partial charge in [0.1, 0.15) is 23.3 Å². The van der Waals surface area contributed by atoms with Crippen molar-refractivity contribution < 1.29 is 14.3 Å². The van der Waals surface area contributed by atoms with E-state index in [-0.39, 0.29) is 11.1 Å². The molecule has 0 rings (SSSR count). The lowest BCUT2D eigenvalue weighted by atomic mass is 10.1. The normalized spacial score (nSPS) is 11.6. The van der Waals surface area contributed by atoms with Gasteiger partial charge in [0.25, 0.3) is 0 Å². The van der Waals surface area contributed by atoms with Crippen molar-refractivity contribution in [2.24, 2.45) is 0 Å². The lowest BCUT2D eigenvalue weighted by Gasteiger charge is -2.02. The van der Waals surface area contributed by atoms with Crippen LogP contribution in [-0.2, 0) is 14.3 Å². The van der Waals surface area contributed by atoms with Crippen LogP contribution >= 0.6 is 0 Å². The quantitative estimate of drug-likeness (QED) is 0.129. The van der Waals surface area contributed by atoms with Gasteiger partial charge in [-0.15, -0.1) is 0 Å². The van der Waals surface area contributed by atoms with Crippen LogP contribution in [-0.4, -0.2) is 11.9 Å². The molecule has 0 radical (unpaired) electrons. The van der Waals surface area contributed by atoms with E-state index >= 15 is 0 Å². The summed E-state index contributed by atoms with van der Waals surface area (Å²) in [7, 11) is 0. The highest BCUT2D eigenvalue weighted by atomic mass is 16.6. The van der Waals surface area contributed by atoms with Gasteiger partial charge in [0.15, 0.2) is 0 Å². The lowest BCUT2D eigenvalue weighted by molar-refractivity contribution is -0.153. The molecule has 0 aromatic carbocycles. The molecule has 0 atom stereocenters. The highest BCUT2D eigenvalue weighted by Gasteiger charge is 2.18. The first-order valence-corrected chi connectivity index (χ1v) is 10.1. The maximum absolute atomic E-state index is 12.0. The summed E-state index contributed by atoms with van der Waals surface area (Å²) >= 11 is 0. The van der Waals surface area contributed by atoms with Gasteiger partial charge in [0, 0.05) is 0 Å². The van der Waals surface area contributed by atoms with Crippen LogP contribution in [0.2, 0.25) is 0 Å². The Morgan fingerprint density at radius 2 is 1.07 bits per heavy atom. The van der Waals surface area contributed by atoms with Crippen molar-refractivity contribution in [1.29, 1.82) is 10.5 Å². The summed E-state index contributed by atoms with van der Waals surface area (Å²) in [6, 6.07) is 3.54. The number of esters is 2. The number of hydrogen-bond donors (Lipinski definition) is 0. The molecule has 0 N–H and O–H groups in total. The average molecular weight is 373 g/mol. The highest BCUT2D eigenvalue weighted by molar-refractivity contribution is 6.05. The summed E-state index contributed by atoms with van der Waals surface area (Å²) in [4.78, 5) is 23.9. The maximum Gasteiger partial charge on any atom is 0.356 e. The number of carbonyl (C=O) groups is 2. The second kappa shape index (κ2) is 17.0. The van der Waals surface area contributed by atoms with E-state index in [1.54, 1.807) is 12.1 Å². The molecule has 0 aromatic heterocycles. The molecule has 0 heterocycles. The van der Waals surface area contributed by atoms with E-state index in [1.165, 1.54) is 31.4 Å². The summed E-state index contributed by atoms with van der Waals surface area (Å²) in [6.07, 6.45) is 15.0. The molecule has 0 bridgehead atoms. The molecule has 0 amide bonds. The molecule has 148 valence electrons. The van der Waals surface area contributed by atoms with Crippen LogP contribution in [0.25, 0.3) is 0 Å². The second-order valence-electron chi connectivity index (χ2n) is 6.54. The number of nitriles is 2. The zero-order valence-electron chi connectivity index (χ0n) is 16.8. The Labute approximate surface area is 163 Å². The van der Waals surface area contributed by atoms with E-state index in [9.17, 15) is 9.59 Å². The van der Waals surface area contributed by atoms with Crippen molar-refractivity contribution in [3.63, 3.8) is 0 Å². The Balaban J connectivity index is 4.44. The van der Waals surface area contributed by atoms with Gasteiger partial charge in [-0.05, 0) is 25.7 Å². The minimum atomic E-state index is -0.987. The number of carbonyl (C=O) groups excluding carboxylic acids is 2. The molecule has 5 heteroatoms. The second-order valence-corrected chi connectivity index (χ2v) is 6.54. The molecule has 0 aliphatic carbocycles. The van der Waals surface area contributed by atoms with Gasteiger partial charge >= 0.3 is 11.9 Å². The van der Waals surface area contributed by atoms with Crippen LogP contribution in [0.1, 0.15) is 90.9 Å². The number of ether oxygens (including phenoxy) is 1. The zero-order chi connectivity index (χ0) is 20.3. The molecule has 0 unspecified atom stereocenters. The van der Waals surface area contributed by atoms with Gasteiger partial charge in [-0.2, -0.15) is 10.5 Å². The predicted molar refractivity (Wildman–Crippen MR) is 105 cm³/mol. The minimum Gasteiger partial charge on any atom is -0.385 e. The number of unbranched alkanes of at least 4 members (excludes halogenated alkanes) is 10. The Morgan fingerprint density at radius 3 is 1.48 bits per heavy atom. The Kier molecular flexibility index (Phi) is 15.5. The molecular weight excluding hydrogens is 340 g/mol. The van der Waals surface area contributed by atoms with Crippen LogP contribution in [0.3, 0.4) is 0 Å². The molecule has 0 aliphatic heterocycles. The van der Waals surface area contributed by atoms with Gasteiger partial charge < -0.3 is 4.74 Å². The first kappa shape index (κ1) is 24.6. The van der Waals surface area contributed by atoms with Crippen LogP contribution < -0.4 is 0 Å². The van der Waals surface area contributed by atoms with Crippen LogP contribution in [0, 0.1) is 22.7 Å². The van der Waals surface area contributed by atoms with E-state index < -0.39 is 11.9 Å². The first-order chi connectivity index (χ1) is 13.1. The van der Waals surface area contributed by atoms with E-state index in [1.807, 2.05) is 0 Å². The largest absolute Gasteiger partial charge is 0.385 e. The van der Waals surface area contributed by atoms with Crippen molar-refractivity contribution >= 4 is 11.9 Å². The molecule has 0 spiro atoms. The van der Waals surface area contributed by atoms with Gasteiger partial charge in [0.05, 0.1) is 0 Å². The molecule has 0 aromatic rings.